The van der Waals surface area contributed by atoms with Crippen LogP contribution in [0.2, 0.25) is 0 Å². The summed E-state index contributed by atoms with van der Waals surface area (Å²) in [5.74, 6) is -0.647. The van der Waals surface area contributed by atoms with Gasteiger partial charge in [0, 0.05) is 45.7 Å². The summed E-state index contributed by atoms with van der Waals surface area (Å²) in [6.45, 7) is 1.61. The second-order valence-electron chi connectivity index (χ2n) is 6.75. The Kier molecular flexibility index (Phi) is 9.51. The lowest BCUT2D eigenvalue weighted by molar-refractivity contribution is -0.140. The Balaban J connectivity index is 2.16. The predicted molar refractivity (Wildman–Crippen MR) is 115 cm³/mol. The molecular weight excluding hydrogens is 413 g/mol. The molecule has 0 N–H and O–H groups in total. The van der Waals surface area contributed by atoms with Gasteiger partial charge in [-0.3, -0.25) is 9.59 Å². The fourth-order valence-corrected chi connectivity index (χ4v) is 3.24. The first-order valence-electron chi connectivity index (χ1n) is 9.40. The summed E-state index contributed by atoms with van der Waals surface area (Å²) in [6, 6.07) is 13.7. The molecule has 0 aliphatic heterocycles. The van der Waals surface area contributed by atoms with E-state index in [1.54, 1.807) is 12.0 Å². The van der Waals surface area contributed by atoms with Gasteiger partial charge < -0.3 is 19.1 Å². The topological polar surface area (TPSA) is 54.8 Å². The molecule has 0 aliphatic carbocycles. The van der Waals surface area contributed by atoms with Crippen molar-refractivity contribution in [1.29, 1.82) is 0 Å². The van der Waals surface area contributed by atoms with Gasteiger partial charge in [-0.2, -0.15) is 0 Å². The second-order valence-corrected chi connectivity index (χ2v) is 7.85. The SMILES string of the molecule is COCCCN(CC(=O)N(Cc1ccccc1)Cc1cccn1C)C(=O)C(Cl)Cl. The van der Waals surface area contributed by atoms with Gasteiger partial charge >= 0.3 is 0 Å². The van der Waals surface area contributed by atoms with Gasteiger partial charge in [0.2, 0.25) is 5.91 Å². The molecule has 158 valence electrons. The quantitative estimate of drug-likeness (QED) is 0.398. The van der Waals surface area contributed by atoms with Crippen molar-refractivity contribution in [2.45, 2.75) is 24.3 Å². The van der Waals surface area contributed by atoms with Crippen molar-refractivity contribution in [1.82, 2.24) is 14.4 Å². The molecule has 0 atom stereocenters. The maximum absolute atomic E-state index is 13.2. The van der Waals surface area contributed by atoms with Gasteiger partial charge in [0.05, 0.1) is 13.1 Å². The largest absolute Gasteiger partial charge is 0.385 e. The Morgan fingerprint density at radius 3 is 2.38 bits per heavy atom. The maximum Gasteiger partial charge on any atom is 0.256 e. The number of aryl methyl sites for hydroxylation is 1. The average Bonchev–Trinajstić information content (AvgIpc) is 3.11. The molecule has 2 amide bonds. The molecule has 1 heterocycles. The molecule has 0 saturated heterocycles. The van der Waals surface area contributed by atoms with Crippen LogP contribution in [-0.4, -0.2) is 57.8 Å². The molecule has 1 aromatic heterocycles. The van der Waals surface area contributed by atoms with Gasteiger partial charge in [-0.15, -0.1) is 0 Å². The van der Waals surface area contributed by atoms with Crippen LogP contribution in [-0.2, 0) is 34.5 Å². The Morgan fingerprint density at radius 1 is 1.07 bits per heavy atom. The van der Waals surface area contributed by atoms with Gasteiger partial charge in [-0.25, -0.2) is 0 Å². The number of amides is 2. The van der Waals surface area contributed by atoms with Crippen molar-refractivity contribution in [2.75, 3.05) is 26.8 Å². The Labute approximate surface area is 181 Å². The molecule has 0 aliphatic rings. The zero-order valence-corrected chi connectivity index (χ0v) is 18.3. The van der Waals surface area contributed by atoms with Gasteiger partial charge in [-0.1, -0.05) is 53.5 Å². The van der Waals surface area contributed by atoms with Crippen LogP contribution in [0.15, 0.2) is 48.7 Å². The number of benzene rings is 1. The molecule has 2 aromatic rings. The molecule has 0 saturated carbocycles. The molecule has 29 heavy (non-hydrogen) atoms. The summed E-state index contributed by atoms with van der Waals surface area (Å²) >= 11 is 11.6. The normalized spacial score (nSPS) is 10.9. The van der Waals surface area contributed by atoms with Gasteiger partial charge in [0.1, 0.15) is 0 Å². The van der Waals surface area contributed by atoms with Gasteiger partial charge in [0.25, 0.3) is 5.91 Å². The summed E-state index contributed by atoms with van der Waals surface area (Å²) in [7, 11) is 3.53. The molecule has 6 nitrogen and oxygen atoms in total. The monoisotopic (exact) mass is 439 g/mol. The van der Waals surface area contributed by atoms with Crippen molar-refractivity contribution >= 4 is 35.0 Å². The van der Waals surface area contributed by atoms with E-state index in [9.17, 15) is 9.59 Å². The Bertz CT molecular complexity index is 780. The van der Waals surface area contributed by atoms with Crippen LogP contribution in [0, 0.1) is 0 Å². The van der Waals surface area contributed by atoms with E-state index in [1.165, 1.54) is 4.90 Å². The van der Waals surface area contributed by atoms with Crippen LogP contribution in [0.1, 0.15) is 17.7 Å². The lowest BCUT2D eigenvalue weighted by Crippen LogP contribution is -2.44. The first kappa shape index (κ1) is 23.3. The summed E-state index contributed by atoms with van der Waals surface area (Å²) in [6.07, 6.45) is 2.53. The standard InChI is InChI=1S/C21H27Cl2N3O3/c1-24-11-6-10-18(24)15-26(14-17-8-4-3-5-9-17)19(27)16-25(12-7-13-29-2)21(28)20(22)23/h3-6,8-11,20H,7,12-16H2,1-2H3. The molecule has 0 bridgehead atoms. The minimum Gasteiger partial charge on any atom is -0.385 e. The molecule has 2 rings (SSSR count). The number of nitrogens with zero attached hydrogens (tertiary/aromatic N) is 3. The van der Waals surface area contributed by atoms with Crippen LogP contribution in [0.25, 0.3) is 0 Å². The third-order valence-corrected chi connectivity index (χ3v) is 4.95. The first-order chi connectivity index (χ1) is 13.9. The molecule has 0 radical (unpaired) electrons. The van der Waals surface area contributed by atoms with E-state index >= 15 is 0 Å². The first-order valence-corrected chi connectivity index (χ1v) is 10.3. The van der Waals surface area contributed by atoms with Crippen molar-refractivity contribution in [2.24, 2.45) is 7.05 Å². The van der Waals surface area contributed by atoms with Crippen LogP contribution < -0.4 is 0 Å². The third-order valence-electron chi connectivity index (χ3n) is 4.57. The molecule has 0 spiro atoms. The number of hydrogen-bond donors (Lipinski definition) is 0. The van der Waals surface area contributed by atoms with E-state index in [0.29, 0.717) is 32.7 Å². The summed E-state index contributed by atoms with van der Waals surface area (Å²) in [5, 5.41) is 0. The zero-order chi connectivity index (χ0) is 21.2. The highest BCUT2D eigenvalue weighted by molar-refractivity contribution is 6.53. The molecule has 0 unspecified atom stereocenters. The number of hydrogen-bond acceptors (Lipinski definition) is 3. The number of carbonyl (C=O) groups excluding carboxylic acids is 2. The highest BCUT2D eigenvalue weighted by Gasteiger charge is 2.25. The Morgan fingerprint density at radius 2 is 1.79 bits per heavy atom. The summed E-state index contributed by atoms with van der Waals surface area (Å²) in [5.41, 5.74) is 2.01. The lowest BCUT2D eigenvalue weighted by atomic mass is 10.2. The highest BCUT2D eigenvalue weighted by Crippen LogP contribution is 2.13. The summed E-state index contributed by atoms with van der Waals surface area (Å²) in [4.78, 5) is 27.5. The van der Waals surface area contributed by atoms with Crippen LogP contribution >= 0.6 is 23.2 Å². The third kappa shape index (κ3) is 7.38. The van der Waals surface area contributed by atoms with E-state index in [-0.39, 0.29) is 12.5 Å². The fraction of sp³-hybridized carbons (Fsp3) is 0.429. The van der Waals surface area contributed by atoms with E-state index in [2.05, 4.69) is 0 Å². The van der Waals surface area contributed by atoms with Crippen LogP contribution in [0.4, 0.5) is 0 Å². The average molecular weight is 440 g/mol. The van der Waals surface area contributed by atoms with Crippen LogP contribution in [0.3, 0.4) is 0 Å². The van der Waals surface area contributed by atoms with E-state index in [0.717, 1.165) is 11.3 Å². The van der Waals surface area contributed by atoms with Crippen molar-refractivity contribution in [3.63, 3.8) is 0 Å². The number of ether oxygens (including phenoxy) is 1. The highest BCUT2D eigenvalue weighted by atomic mass is 35.5. The number of alkyl halides is 2. The van der Waals surface area contributed by atoms with Crippen molar-refractivity contribution < 1.29 is 14.3 Å². The fourth-order valence-electron chi connectivity index (χ4n) is 2.96. The second kappa shape index (κ2) is 11.9. The number of aromatic nitrogens is 1. The predicted octanol–water partition coefficient (Wildman–Crippen LogP) is 3.22. The molecule has 8 heteroatoms. The van der Waals surface area contributed by atoms with E-state index in [4.69, 9.17) is 27.9 Å². The maximum atomic E-state index is 13.2. The molecular formula is C21H27Cl2N3O3. The lowest BCUT2D eigenvalue weighted by Gasteiger charge is -2.28. The number of rotatable bonds is 11. The molecule has 0 fully saturated rings. The number of methoxy groups -OCH3 is 1. The summed E-state index contributed by atoms with van der Waals surface area (Å²) < 4.78 is 7.02. The van der Waals surface area contributed by atoms with Crippen LogP contribution in [0.5, 0.6) is 0 Å². The van der Waals surface area contributed by atoms with Crippen molar-refractivity contribution in [3.8, 4) is 0 Å². The zero-order valence-electron chi connectivity index (χ0n) is 16.8. The Hall–Kier alpha value is -2.02. The van der Waals surface area contributed by atoms with E-state index < -0.39 is 10.7 Å². The number of carbonyl (C=O) groups is 2. The van der Waals surface area contributed by atoms with E-state index in [1.807, 2.05) is 60.3 Å². The molecule has 1 aromatic carbocycles. The van der Waals surface area contributed by atoms with Crippen molar-refractivity contribution in [3.05, 3.63) is 59.9 Å². The smallest absolute Gasteiger partial charge is 0.256 e. The minimum atomic E-state index is -1.21. The number of halogens is 2. The van der Waals surface area contributed by atoms with Gasteiger partial charge in [-0.05, 0) is 24.1 Å². The minimum absolute atomic E-state index is 0.0876. The van der Waals surface area contributed by atoms with Gasteiger partial charge in [0.15, 0.2) is 4.84 Å².